The minimum atomic E-state index is -0.500. The van der Waals surface area contributed by atoms with Crippen molar-refractivity contribution in [3.05, 3.63) is 28.1 Å². The van der Waals surface area contributed by atoms with Crippen LogP contribution in [0.25, 0.3) is 0 Å². The summed E-state index contributed by atoms with van der Waals surface area (Å²) in [6, 6.07) is 1.35. The van der Waals surface area contributed by atoms with Gasteiger partial charge in [-0.2, -0.15) is 0 Å². The molecule has 1 saturated heterocycles. The van der Waals surface area contributed by atoms with Crippen LogP contribution in [0.4, 0.5) is 5.69 Å². The Morgan fingerprint density at radius 3 is 2.94 bits per heavy atom. The number of alkyl halides is 1. The molecule has 1 unspecified atom stereocenters. The van der Waals surface area contributed by atoms with Crippen LogP contribution < -0.4 is 0 Å². The number of likely N-dealkylation sites (tertiary alicyclic amines) is 1. The van der Waals surface area contributed by atoms with Crippen molar-refractivity contribution in [2.75, 3.05) is 12.4 Å². The first-order valence-electron chi connectivity index (χ1n) is 5.72. The van der Waals surface area contributed by atoms with Gasteiger partial charge in [-0.25, -0.2) is 0 Å². The number of hydrogen-bond donors (Lipinski definition) is 0. The lowest BCUT2D eigenvalue weighted by Crippen LogP contribution is -2.37. The monoisotopic (exact) mass is 271 g/mol. The first-order chi connectivity index (χ1) is 8.54. The van der Waals surface area contributed by atoms with Gasteiger partial charge in [0.1, 0.15) is 5.69 Å². The Labute approximate surface area is 109 Å². The van der Waals surface area contributed by atoms with E-state index < -0.39 is 4.92 Å². The SMILES string of the molecule is Cn1cc([N+](=O)[O-])cc1C(=O)N1CCCC1CCl. The van der Waals surface area contributed by atoms with E-state index in [9.17, 15) is 14.9 Å². The van der Waals surface area contributed by atoms with E-state index in [1.165, 1.54) is 16.8 Å². The molecule has 2 rings (SSSR count). The molecular formula is C11H14ClN3O3. The average molecular weight is 272 g/mol. The zero-order valence-corrected chi connectivity index (χ0v) is 10.8. The minimum absolute atomic E-state index is 0.0353. The van der Waals surface area contributed by atoms with Crippen LogP contribution in [0.1, 0.15) is 23.3 Å². The lowest BCUT2D eigenvalue weighted by atomic mass is 10.2. The van der Waals surface area contributed by atoms with E-state index in [1.807, 2.05) is 0 Å². The largest absolute Gasteiger partial charge is 0.340 e. The van der Waals surface area contributed by atoms with Crippen LogP contribution in [0.3, 0.4) is 0 Å². The molecule has 0 N–H and O–H groups in total. The van der Waals surface area contributed by atoms with Crippen molar-refractivity contribution in [1.82, 2.24) is 9.47 Å². The van der Waals surface area contributed by atoms with Crippen molar-refractivity contribution in [3.63, 3.8) is 0 Å². The van der Waals surface area contributed by atoms with Crippen LogP contribution in [0, 0.1) is 10.1 Å². The van der Waals surface area contributed by atoms with Gasteiger partial charge in [0.15, 0.2) is 0 Å². The van der Waals surface area contributed by atoms with Gasteiger partial charge in [0.2, 0.25) is 0 Å². The highest BCUT2D eigenvalue weighted by molar-refractivity contribution is 6.18. The summed E-state index contributed by atoms with van der Waals surface area (Å²) < 4.78 is 1.49. The van der Waals surface area contributed by atoms with Crippen LogP contribution in [-0.4, -0.2) is 38.8 Å². The van der Waals surface area contributed by atoms with Crippen molar-refractivity contribution in [1.29, 1.82) is 0 Å². The maximum absolute atomic E-state index is 12.3. The number of nitro groups is 1. The molecule has 0 saturated carbocycles. The van der Waals surface area contributed by atoms with E-state index in [4.69, 9.17) is 11.6 Å². The molecule has 2 heterocycles. The maximum Gasteiger partial charge on any atom is 0.287 e. The molecule has 98 valence electrons. The molecule has 7 heteroatoms. The van der Waals surface area contributed by atoms with Crippen LogP contribution in [0.5, 0.6) is 0 Å². The second-order valence-corrected chi connectivity index (χ2v) is 4.71. The highest BCUT2D eigenvalue weighted by Gasteiger charge is 2.31. The molecule has 1 aliphatic heterocycles. The quantitative estimate of drug-likeness (QED) is 0.478. The van der Waals surface area contributed by atoms with Gasteiger partial charge in [-0.3, -0.25) is 14.9 Å². The highest BCUT2D eigenvalue weighted by atomic mass is 35.5. The molecule has 1 aliphatic rings. The Balaban J connectivity index is 2.25. The molecule has 1 amide bonds. The Kier molecular flexibility index (Phi) is 3.56. The summed E-state index contributed by atoms with van der Waals surface area (Å²) in [7, 11) is 1.63. The number of hydrogen-bond acceptors (Lipinski definition) is 3. The van der Waals surface area contributed by atoms with Gasteiger partial charge in [-0.15, -0.1) is 11.6 Å². The standard InChI is InChI=1S/C11H14ClN3O3/c1-13-7-9(15(17)18)5-10(13)11(16)14-4-2-3-8(14)6-12/h5,7-8H,2-4,6H2,1H3. The van der Waals surface area contributed by atoms with E-state index in [2.05, 4.69) is 0 Å². The third kappa shape index (κ3) is 2.20. The molecular weight excluding hydrogens is 258 g/mol. The minimum Gasteiger partial charge on any atom is -0.340 e. The van der Waals surface area contributed by atoms with Crippen molar-refractivity contribution < 1.29 is 9.72 Å². The normalized spacial score (nSPS) is 19.2. The van der Waals surface area contributed by atoms with Gasteiger partial charge in [0, 0.05) is 31.6 Å². The number of carbonyl (C=O) groups is 1. The van der Waals surface area contributed by atoms with Crippen LogP contribution in [0.15, 0.2) is 12.3 Å². The molecule has 6 nitrogen and oxygen atoms in total. The van der Waals surface area contributed by atoms with Crippen molar-refractivity contribution in [2.45, 2.75) is 18.9 Å². The van der Waals surface area contributed by atoms with Gasteiger partial charge in [-0.1, -0.05) is 0 Å². The Hall–Kier alpha value is -1.56. The predicted molar refractivity (Wildman–Crippen MR) is 66.8 cm³/mol. The summed E-state index contributed by atoms with van der Waals surface area (Å²) in [5.41, 5.74) is 0.265. The molecule has 0 radical (unpaired) electrons. The fourth-order valence-corrected chi connectivity index (χ4v) is 2.59. The van der Waals surface area contributed by atoms with Crippen LogP contribution in [-0.2, 0) is 7.05 Å². The third-order valence-corrected chi connectivity index (χ3v) is 3.59. The number of rotatable bonds is 3. The molecule has 0 aromatic carbocycles. The predicted octanol–water partition coefficient (Wildman–Crippen LogP) is 1.78. The van der Waals surface area contributed by atoms with Crippen molar-refractivity contribution in [2.24, 2.45) is 7.05 Å². The summed E-state index contributed by atoms with van der Waals surface area (Å²) in [5.74, 6) is 0.215. The van der Waals surface area contributed by atoms with Gasteiger partial charge in [-0.05, 0) is 12.8 Å². The van der Waals surface area contributed by atoms with Gasteiger partial charge in [0.25, 0.3) is 11.6 Å². The van der Waals surface area contributed by atoms with E-state index in [0.29, 0.717) is 18.1 Å². The van der Waals surface area contributed by atoms with Crippen LogP contribution in [0.2, 0.25) is 0 Å². The van der Waals surface area contributed by atoms with Gasteiger partial charge in [0.05, 0.1) is 11.1 Å². The number of aromatic nitrogens is 1. The number of halogens is 1. The third-order valence-electron chi connectivity index (χ3n) is 3.24. The topological polar surface area (TPSA) is 68.4 Å². The number of nitrogens with zero attached hydrogens (tertiary/aromatic N) is 3. The number of aryl methyl sites for hydroxylation is 1. The summed E-state index contributed by atoms with van der Waals surface area (Å²) in [4.78, 5) is 24.2. The molecule has 18 heavy (non-hydrogen) atoms. The number of carbonyl (C=O) groups excluding carboxylic acids is 1. The van der Waals surface area contributed by atoms with E-state index >= 15 is 0 Å². The van der Waals surface area contributed by atoms with E-state index in [0.717, 1.165) is 12.8 Å². The van der Waals surface area contributed by atoms with Crippen molar-refractivity contribution in [3.8, 4) is 0 Å². The summed E-state index contributed by atoms with van der Waals surface area (Å²) in [6.07, 6.45) is 3.16. The second kappa shape index (κ2) is 4.97. The molecule has 1 aromatic heterocycles. The second-order valence-electron chi connectivity index (χ2n) is 4.40. The first-order valence-corrected chi connectivity index (χ1v) is 6.25. The summed E-state index contributed by atoms with van der Waals surface area (Å²) >= 11 is 5.82. The summed E-state index contributed by atoms with van der Waals surface area (Å²) in [5, 5.41) is 10.7. The Morgan fingerprint density at radius 1 is 1.67 bits per heavy atom. The fourth-order valence-electron chi connectivity index (χ4n) is 2.27. The fraction of sp³-hybridized carbons (Fsp3) is 0.545. The molecule has 1 aromatic rings. The van der Waals surface area contributed by atoms with Crippen molar-refractivity contribution >= 4 is 23.2 Å². The molecule has 0 aliphatic carbocycles. The summed E-state index contributed by atoms with van der Waals surface area (Å²) in [6.45, 7) is 0.662. The van der Waals surface area contributed by atoms with Gasteiger partial charge >= 0.3 is 0 Å². The molecule has 1 fully saturated rings. The Morgan fingerprint density at radius 2 is 2.39 bits per heavy atom. The van der Waals surface area contributed by atoms with Crippen LogP contribution >= 0.6 is 11.6 Å². The lowest BCUT2D eigenvalue weighted by Gasteiger charge is -2.22. The Bertz CT molecular complexity index is 486. The highest BCUT2D eigenvalue weighted by Crippen LogP contribution is 2.23. The smallest absolute Gasteiger partial charge is 0.287 e. The zero-order valence-electron chi connectivity index (χ0n) is 10.0. The zero-order chi connectivity index (χ0) is 13.3. The lowest BCUT2D eigenvalue weighted by molar-refractivity contribution is -0.384. The molecule has 0 bridgehead atoms. The average Bonchev–Trinajstić information content (AvgIpc) is 2.93. The first kappa shape index (κ1) is 12.9. The number of amides is 1. The molecule has 0 spiro atoms. The van der Waals surface area contributed by atoms with E-state index in [1.54, 1.807) is 11.9 Å². The van der Waals surface area contributed by atoms with E-state index in [-0.39, 0.29) is 17.6 Å². The van der Waals surface area contributed by atoms with Gasteiger partial charge < -0.3 is 9.47 Å². The molecule has 1 atom stereocenters. The maximum atomic E-state index is 12.3.